The normalized spacial score (nSPS) is 16.4. The van der Waals surface area contributed by atoms with E-state index in [9.17, 15) is 9.90 Å². The average Bonchev–Trinajstić information content (AvgIpc) is 2.68. The highest BCUT2D eigenvalue weighted by Gasteiger charge is 2.19. The molecule has 4 nitrogen and oxygen atoms in total. The summed E-state index contributed by atoms with van der Waals surface area (Å²) >= 11 is 1.42. The molecule has 1 atom stereocenters. The fourth-order valence-corrected chi connectivity index (χ4v) is 4.08. The second-order valence-electron chi connectivity index (χ2n) is 6.40. The van der Waals surface area contributed by atoms with Crippen molar-refractivity contribution < 1.29 is 9.90 Å². The summed E-state index contributed by atoms with van der Waals surface area (Å²) in [5.41, 5.74) is 1.47. The van der Waals surface area contributed by atoms with Gasteiger partial charge in [0.05, 0.1) is 11.7 Å². The van der Waals surface area contributed by atoms with Gasteiger partial charge in [0.2, 0.25) is 0 Å². The molecular weight excluding hydrogens is 332 g/mol. The fraction of sp³-hybridized carbons (Fsp3) is 0.400. The molecule has 0 spiro atoms. The summed E-state index contributed by atoms with van der Waals surface area (Å²) in [6.45, 7) is 0. The van der Waals surface area contributed by atoms with Crippen molar-refractivity contribution in [3.63, 3.8) is 0 Å². The Morgan fingerprint density at radius 1 is 1.16 bits per heavy atom. The number of hydrogen-bond acceptors (Lipinski definition) is 4. The van der Waals surface area contributed by atoms with Crippen LogP contribution in [0, 0.1) is 0 Å². The number of pyridine rings is 1. The minimum Gasteiger partial charge on any atom is -0.388 e. The Morgan fingerprint density at radius 3 is 2.68 bits per heavy atom. The van der Waals surface area contributed by atoms with Crippen molar-refractivity contribution in [1.82, 2.24) is 10.3 Å². The first-order valence-corrected chi connectivity index (χ1v) is 9.84. The van der Waals surface area contributed by atoms with Crippen molar-refractivity contribution in [3.8, 4) is 0 Å². The van der Waals surface area contributed by atoms with Crippen LogP contribution in [0.1, 0.15) is 54.1 Å². The van der Waals surface area contributed by atoms with E-state index < -0.39 is 6.10 Å². The van der Waals surface area contributed by atoms with Gasteiger partial charge in [-0.25, -0.2) is 4.98 Å². The van der Waals surface area contributed by atoms with E-state index >= 15 is 0 Å². The van der Waals surface area contributed by atoms with Crippen LogP contribution in [-0.2, 0) is 0 Å². The van der Waals surface area contributed by atoms with Crippen LogP contribution in [0.25, 0.3) is 0 Å². The molecule has 0 aliphatic heterocycles. The Labute approximate surface area is 153 Å². The number of benzene rings is 1. The maximum Gasteiger partial charge on any atom is 0.254 e. The van der Waals surface area contributed by atoms with E-state index in [1.165, 1.54) is 31.0 Å². The van der Waals surface area contributed by atoms with E-state index in [1.54, 1.807) is 12.3 Å². The lowest BCUT2D eigenvalue weighted by molar-refractivity contribution is 0.0924. The molecule has 0 radical (unpaired) electrons. The number of thioether (sulfide) groups is 1. The molecule has 132 valence electrons. The second kappa shape index (κ2) is 9.02. The lowest BCUT2D eigenvalue weighted by atomic mass is 9.95. The number of aliphatic hydroxyl groups excluding tert-OH is 1. The molecule has 0 saturated heterocycles. The van der Waals surface area contributed by atoms with E-state index in [4.69, 9.17) is 0 Å². The highest BCUT2D eigenvalue weighted by atomic mass is 32.2. The van der Waals surface area contributed by atoms with Gasteiger partial charge in [-0.15, -0.1) is 11.8 Å². The lowest BCUT2D eigenvalue weighted by Crippen LogP contribution is -2.36. The molecule has 1 amide bonds. The summed E-state index contributed by atoms with van der Waals surface area (Å²) in [7, 11) is 0. The lowest BCUT2D eigenvalue weighted by Gasteiger charge is -2.23. The SMILES string of the molecule is O=C(NC1CCCCC1)c1cccnc1SCC(O)c1ccccc1. The van der Waals surface area contributed by atoms with Crippen LogP contribution in [0.3, 0.4) is 0 Å². The van der Waals surface area contributed by atoms with Crippen LogP contribution in [0.5, 0.6) is 0 Å². The number of carbonyl (C=O) groups excluding carboxylic acids is 1. The minimum atomic E-state index is -0.581. The van der Waals surface area contributed by atoms with Gasteiger partial charge < -0.3 is 10.4 Å². The van der Waals surface area contributed by atoms with Crippen molar-refractivity contribution in [2.45, 2.75) is 49.3 Å². The molecule has 5 heteroatoms. The zero-order valence-corrected chi connectivity index (χ0v) is 15.0. The van der Waals surface area contributed by atoms with Gasteiger partial charge in [-0.05, 0) is 30.5 Å². The van der Waals surface area contributed by atoms with Crippen LogP contribution in [0.4, 0.5) is 0 Å². The summed E-state index contributed by atoms with van der Waals surface area (Å²) in [6.07, 6.45) is 6.85. The number of amides is 1. The van der Waals surface area contributed by atoms with Gasteiger partial charge in [-0.1, -0.05) is 49.6 Å². The highest BCUT2D eigenvalue weighted by Crippen LogP contribution is 2.26. The third-order valence-electron chi connectivity index (χ3n) is 4.52. The molecule has 1 aliphatic rings. The maximum atomic E-state index is 12.6. The number of nitrogens with zero attached hydrogens (tertiary/aromatic N) is 1. The average molecular weight is 356 g/mol. The molecule has 3 rings (SSSR count). The van der Waals surface area contributed by atoms with E-state index in [-0.39, 0.29) is 11.9 Å². The van der Waals surface area contributed by atoms with Gasteiger partial charge in [0, 0.05) is 18.0 Å². The number of rotatable bonds is 6. The molecule has 1 fully saturated rings. The molecule has 1 aliphatic carbocycles. The summed E-state index contributed by atoms with van der Waals surface area (Å²) in [6, 6.07) is 13.4. The monoisotopic (exact) mass is 356 g/mol. The third kappa shape index (κ3) is 5.06. The standard InChI is InChI=1S/C20H24N2O2S/c23-18(15-8-3-1-4-9-15)14-25-20-17(12-7-13-21-20)19(24)22-16-10-5-2-6-11-16/h1,3-4,7-9,12-13,16,18,23H,2,5-6,10-11,14H2,(H,22,24). The van der Waals surface area contributed by atoms with Gasteiger partial charge in [0.15, 0.2) is 0 Å². The van der Waals surface area contributed by atoms with Crippen molar-refractivity contribution in [2.24, 2.45) is 0 Å². The van der Waals surface area contributed by atoms with Gasteiger partial charge in [0.1, 0.15) is 5.03 Å². The largest absolute Gasteiger partial charge is 0.388 e. The van der Waals surface area contributed by atoms with Gasteiger partial charge >= 0.3 is 0 Å². The van der Waals surface area contributed by atoms with Gasteiger partial charge in [-0.3, -0.25) is 4.79 Å². The minimum absolute atomic E-state index is 0.0586. The number of aromatic nitrogens is 1. The molecular formula is C20H24N2O2S. The van der Waals surface area contributed by atoms with Crippen molar-refractivity contribution in [3.05, 3.63) is 59.8 Å². The molecule has 1 saturated carbocycles. The van der Waals surface area contributed by atoms with Crippen molar-refractivity contribution in [1.29, 1.82) is 0 Å². The zero-order chi connectivity index (χ0) is 17.5. The number of aliphatic hydroxyl groups is 1. The van der Waals surface area contributed by atoms with Crippen LogP contribution >= 0.6 is 11.8 Å². The van der Waals surface area contributed by atoms with Crippen molar-refractivity contribution in [2.75, 3.05) is 5.75 Å². The molecule has 2 aromatic rings. The number of nitrogens with one attached hydrogen (secondary N) is 1. The second-order valence-corrected chi connectivity index (χ2v) is 7.41. The molecule has 0 bridgehead atoms. The van der Waals surface area contributed by atoms with E-state index in [2.05, 4.69) is 10.3 Å². The Balaban J connectivity index is 1.63. The molecule has 1 aromatic carbocycles. The summed E-state index contributed by atoms with van der Waals surface area (Å²) in [5, 5.41) is 14.1. The predicted octanol–water partition coefficient (Wildman–Crippen LogP) is 3.97. The Kier molecular flexibility index (Phi) is 6.48. The first-order chi connectivity index (χ1) is 12.2. The Hall–Kier alpha value is -1.85. The van der Waals surface area contributed by atoms with Crippen LogP contribution in [-0.4, -0.2) is 27.8 Å². The Bertz CT molecular complexity index is 687. The summed E-state index contributed by atoms with van der Waals surface area (Å²) < 4.78 is 0. The Morgan fingerprint density at radius 2 is 1.92 bits per heavy atom. The highest BCUT2D eigenvalue weighted by molar-refractivity contribution is 7.99. The number of hydrogen-bond donors (Lipinski definition) is 2. The fourth-order valence-electron chi connectivity index (χ4n) is 3.12. The van der Waals surface area contributed by atoms with E-state index in [0.29, 0.717) is 16.3 Å². The van der Waals surface area contributed by atoms with E-state index in [0.717, 1.165) is 18.4 Å². The first kappa shape index (κ1) is 18.0. The zero-order valence-electron chi connectivity index (χ0n) is 14.2. The molecule has 2 N–H and O–H groups in total. The van der Waals surface area contributed by atoms with Crippen molar-refractivity contribution >= 4 is 17.7 Å². The molecule has 1 aromatic heterocycles. The van der Waals surface area contributed by atoms with Crippen LogP contribution in [0.2, 0.25) is 0 Å². The third-order valence-corrected chi connectivity index (χ3v) is 5.60. The molecule has 25 heavy (non-hydrogen) atoms. The van der Waals surface area contributed by atoms with Gasteiger partial charge in [0.25, 0.3) is 5.91 Å². The predicted molar refractivity (Wildman–Crippen MR) is 101 cm³/mol. The first-order valence-electron chi connectivity index (χ1n) is 8.86. The number of carbonyl (C=O) groups is 1. The van der Waals surface area contributed by atoms with Gasteiger partial charge in [-0.2, -0.15) is 0 Å². The quantitative estimate of drug-likeness (QED) is 0.769. The summed E-state index contributed by atoms with van der Waals surface area (Å²) in [5.74, 6) is 0.404. The molecule has 1 heterocycles. The van der Waals surface area contributed by atoms with E-state index in [1.807, 2.05) is 36.4 Å². The van der Waals surface area contributed by atoms with Crippen LogP contribution < -0.4 is 5.32 Å². The topological polar surface area (TPSA) is 62.2 Å². The van der Waals surface area contributed by atoms with Crippen LogP contribution in [0.15, 0.2) is 53.7 Å². The maximum absolute atomic E-state index is 12.6. The summed E-state index contributed by atoms with van der Waals surface area (Å²) in [4.78, 5) is 17.0. The smallest absolute Gasteiger partial charge is 0.254 e. The molecule has 1 unspecified atom stereocenters.